The Morgan fingerprint density at radius 3 is 2.59 bits per heavy atom. The van der Waals surface area contributed by atoms with Crippen molar-refractivity contribution in [2.75, 3.05) is 7.05 Å². The van der Waals surface area contributed by atoms with Crippen LogP contribution in [0.25, 0.3) is 0 Å². The number of aromatic nitrogens is 4. The molecule has 1 unspecified atom stereocenters. The first-order valence-corrected chi connectivity index (χ1v) is 8.87. The molecule has 0 saturated carbocycles. The standard InChI is InChI=1S/C18H29N7O.HI/c1-13(2)8-14(3)26-17-9-15(6-7-20-17)10-21-18(19-4)22-11-16-23-12-24-25(16)5;/h6-7,9,12-14H,8,10-11H2,1-5H3,(H2,19,21,22);1H. The van der Waals surface area contributed by atoms with Crippen LogP contribution in [-0.2, 0) is 20.1 Å². The molecule has 2 heterocycles. The topological polar surface area (TPSA) is 89.2 Å². The zero-order chi connectivity index (χ0) is 18.9. The monoisotopic (exact) mass is 487 g/mol. The second-order valence-electron chi connectivity index (χ2n) is 6.64. The average molecular weight is 487 g/mol. The molecule has 150 valence electrons. The van der Waals surface area contributed by atoms with Crippen molar-refractivity contribution in [3.63, 3.8) is 0 Å². The molecule has 0 aliphatic carbocycles. The maximum atomic E-state index is 5.91. The fourth-order valence-corrected chi connectivity index (χ4v) is 2.59. The predicted molar refractivity (Wildman–Crippen MR) is 117 cm³/mol. The summed E-state index contributed by atoms with van der Waals surface area (Å²) in [4.78, 5) is 12.7. The van der Waals surface area contributed by atoms with Gasteiger partial charge in [-0.15, -0.1) is 24.0 Å². The van der Waals surface area contributed by atoms with E-state index in [-0.39, 0.29) is 30.1 Å². The smallest absolute Gasteiger partial charge is 0.213 e. The molecule has 2 aromatic rings. The van der Waals surface area contributed by atoms with Crippen molar-refractivity contribution in [1.29, 1.82) is 0 Å². The van der Waals surface area contributed by atoms with Gasteiger partial charge in [0, 0.05) is 32.9 Å². The molecule has 0 aromatic carbocycles. The van der Waals surface area contributed by atoms with E-state index in [0.29, 0.717) is 30.8 Å². The summed E-state index contributed by atoms with van der Waals surface area (Å²) < 4.78 is 7.63. The van der Waals surface area contributed by atoms with E-state index in [1.807, 2.05) is 19.2 Å². The van der Waals surface area contributed by atoms with Crippen LogP contribution in [0.3, 0.4) is 0 Å². The molecule has 0 saturated heterocycles. The molecule has 2 rings (SSSR count). The highest BCUT2D eigenvalue weighted by Crippen LogP contribution is 2.14. The first-order chi connectivity index (χ1) is 12.5. The second kappa shape index (κ2) is 11.7. The lowest BCUT2D eigenvalue weighted by Crippen LogP contribution is -2.37. The molecule has 0 fully saturated rings. The molecule has 0 aliphatic rings. The lowest BCUT2D eigenvalue weighted by molar-refractivity contribution is 0.185. The predicted octanol–water partition coefficient (Wildman–Crippen LogP) is 2.51. The van der Waals surface area contributed by atoms with Crippen LogP contribution >= 0.6 is 24.0 Å². The Bertz CT molecular complexity index is 717. The fourth-order valence-electron chi connectivity index (χ4n) is 2.59. The van der Waals surface area contributed by atoms with Crippen molar-refractivity contribution < 1.29 is 4.74 Å². The van der Waals surface area contributed by atoms with E-state index in [9.17, 15) is 0 Å². The number of hydrogen-bond acceptors (Lipinski definition) is 5. The van der Waals surface area contributed by atoms with E-state index in [0.717, 1.165) is 17.8 Å². The zero-order valence-electron chi connectivity index (χ0n) is 16.6. The van der Waals surface area contributed by atoms with Crippen LogP contribution in [0.2, 0.25) is 0 Å². The number of ether oxygens (including phenoxy) is 1. The second-order valence-corrected chi connectivity index (χ2v) is 6.64. The van der Waals surface area contributed by atoms with Gasteiger partial charge in [0.1, 0.15) is 12.2 Å². The summed E-state index contributed by atoms with van der Waals surface area (Å²) in [6, 6.07) is 3.92. The van der Waals surface area contributed by atoms with Crippen LogP contribution < -0.4 is 15.4 Å². The minimum absolute atomic E-state index is 0. The average Bonchev–Trinajstić information content (AvgIpc) is 2.99. The molecule has 8 nitrogen and oxygen atoms in total. The summed E-state index contributed by atoms with van der Waals surface area (Å²) in [5.74, 6) is 2.78. The maximum absolute atomic E-state index is 5.91. The van der Waals surface area contributed by atoms with Crippen molar-refractivity contribution in [2.24, 2.45) is 18.0 Å². The van der Waals surface area contributed by atoms with Gasteiger partial charge in [0.05, 0.1) is 12.6 Å². The molecule has 2 aromatic heterocycles. The highest BCUT2D eigenvalue weighted by atomic mass is 127. The lowest BCUT2D eigenvalue weighted by Gasteiger charge is -2.16. The van der Waals surface area contributed by atoms with Crippen molar-refractivity contribution >= 4 is 29.9 Å². The fraction of sp³-hybridized carbons (Fsp3) is 0.556. The number of aliphatic imine (C=N–C) groups is 1. The minimum atomic E-state index is 0. The van der Waals surface area contributed by atoms with Crippen molar-refractivity contribution in [3.8, 4) is 5.88 Å². The van der Waals surface area contributed by atoms with Gasteiger partial charge < -0.3 is 15.4 Å². The Morgan fingerprint density at radius 2 is 1.96 bits per heavy atom. The van der Waals surface area contributed by atoms with E-state index in [1.54, 1.807) is 17.9 Å². The quantitative estimate of drug-likeness (QED) is 0.338. The van der Waals surface area contributed by atoms with Gasteiger partial charge in [0.2, 0.25) is 5.88 Å². The molecule has 0 amide bonds. The Kier molecular flexibility index (Phi) is 10.0. The maximum Gasteiger partial charge on any atom is 0.213 e. The van der Waals surface area contributed by atoms with Gasteiger partial charge in [-0.25, -0.2) is 9.97 Å². The highest BCUT2D eigenvalue weighted by Gasteiger charge is 2.08. The van der Waals surface area contributed by atoms with E-state index in [1.165, 1.54) is 6.33 Å². The number of aryl methyl sites for hydroxylation is 1. The number of hydrogen-bond donors (Lipinski definition) is 2. The highest BCUT2D eigenvalue weighted by molar-refractivity contribution is 14.0. The van der Waals surface area contributed by atoms with Crippen molar-refractivity contribution in [2.45, 2.75) is 46.4 Å². The van der Waals surface area contributed by atoms with E-state index >= 15 is 0 Å². The Morgan fingerprint density at radius 1 is 1.22 bits per heavy atom. The van der Waals surface area contributed by atoms with E-state index in [2.05, 4.69) is 51.5 Å². The first-order valence-electron chi connectivity index (χ1n) is 8.87. The molecular formula is C18H30IN7O. The molecule has 9 heteroatoms. The van der Waals surface area contributed by atoms with Crippen LogP contribution in [0.5, 0.6) is 5.88 Å². The number of nitrogens with zero attached hydrogens (tertiary/aromatic N) is 5. The zero-order valence-corrected chi connectivity index (χ0v) is 19.0. The summed E-state index contributed by atoms with van der Waals surface area (Å²) in [6.45, 7) is 7.62. The van der Waals surface area contributed by atoms with Gasteiger partial charge in [0.15, 0.2) is 5.96 Å². The van der Waals surface area contributed by atoms with E-state index in [4.69, 9.17) is 4.74 Å². The van der Waals surface area contributed by atoms with Crippen LogP contribution in [0.15, 0.2) is 29.6 Å². The third-order valence-corrected chi connectivity index (χ3v) is 3.83. The third-order valence-electron chi connectivity index (χ3n) is 3.83. The largest absolute Gasteiger partial charge is 0.475 e. The molecular weight excluding hydrogens is 457 g/mol. The molecule has 2 N–H and O–H groups in total. The van der Waals surface area contributed by atoms with Crippen molar-refractivity contribution in [3.05, 3.63) is 36.0 Å². The summed E-state index contributed by atoms with van der Waals surface area (Å²) in [5.41, 5.74) is 1.08. The number of rotatable bonds is 8. The SMILES string of the molecule is CN=C(NCc1ccnc(OC(C)CC(C)C)c1)NCc1ncnn1C.I. The summed E-state index contributed by atoms with van der Waals surface area (Å²) in [6.07, 6.45) is 4.45. The van der Waals surface area contributed by atoms with Gasteiger partial charge in [-0.1, -0.05) is 13.8 Å². The molecule has 1 atom stereocenters. The molecule has 0 aliphatic heterocycles. The van der Waals surface area contributed by atoms with Crippen LogP contribution in [0, 0.1) is 5.92 Å². The van der Waals surface area contributed by atoms with Gasteiger partial charge in [-0.3, -0.25) is 9.67 Å². The van der Waals surface area contributed by atoms with Gasteiger partial charge >= 0.3 is 0 Å². The van der Waals surface area contributed by atoms with Gasteiger partial charge in [-0.2, -0.15) is 5.10 Å². The number of guanidine groups is 1. The summed E-state index contributed by atoms with van der Waals surface area (Å²) in [7, 11) is 3.60. The number of nitrogens with one attached hydrogen (secondary N) is 2. The molecule has 27 heavy (non-hydrogen) atoms. The minimum Gasteiger partial charge on any atom is -0.475 e. The number of pyridine rings is 1. The number of halogens is 1. The molecule has 0 spiro atoms. The summed E-state index contributed by atoms with van der Waals surface area (Å²) >= 11 is 0. The summed E-state index contributed by atoms with van der Waals surface area (Å²) in [5, 5.41) is 10.5. The third kappa shape index (κ3) is 8.10. The van der Waals surface area contributed by atoms with Crippen LogP contribution in [-0.4, -0.2) is 38.9 Å². The molecule has 0 bridgehead atoms. The van der Waals surface area contributed by atoms with Crippen LogP contribution in [0.1, 0.15) is 38.6 Å². The molecule has 0 radical (unpaired) electrons. The Labute approximate surface area is 178 Å². The first kappa shape index (κ1) is 23.1. The Balaban J connectivity index is 0.00000364. The lowest BCUT2D eigenvalue weighted by atomic mass is 10.1. The normalized spacial score (nSPS) is 12.4. The van der Waals surface area contributed by atoms with Crippen molar-refractivity contribution in [1.82, 2.24) is 30.4 Å². The van der Waals surface area contributed by atoms with Crippen LogP contribution in [0.4, 0.5) is 0 Å². The van der Waals surface area contributed by atoms with E-state index < -0.39 is 0 Å². The Hall–Kier alpha value is -1.91. The van der Waals surface area contributed by atoms with Gasteiger partial charge in [0.25, 0.3) is 0 Å². The van der Waals surface area contributed by atoms with Gasteiger partial charge in [-0.05, 0) is 30.9 Å².